The van der Waals surface area contributed by atoms with Crippen molar-refractivity contribution in [1.29, 1.82) is 0 Å². The van der Waals surface area contributed by atoms with E-state index < -0.39 is 5.54 Å². The van der Waals surface area contributed by atoms with Crippen LogP contribution in [-0.4, -0.2) is 28.4 Å². The second-order valence-electron chi connectivity index (χ2n) is 4.53. The third-order valence-corrected chi connectivity index (χ3v) is 3.19. The lowest BCUT2D eigenvalue weighted by Gasteiger charge is -2.39. The van der Waals surface area contributed by atoms with E-state index in [4.69, 9.17) is 5.73 Å². The van der Waals surface area contributed by atoms with Crippen LogP contribution >= 0.6 is 0 Å². The van der Waals surface area contributed by atoms with Crippen molar-refractivity contribution in [3.05, 3.63) is 30.1 Å². The van der Waals surface area contributed by atoms with E-state index in [1.807, 2.05) is 12.1 Å². The largest absolute Gasteiger partial charge is 0.340 e. The molecule has 1 aliphatic rings. The Bertz CT molecular complexity index is 373. The van der Waals surface area contributed by atoms with Crippen molar-refractivity contribution < 1.29 is 4.79 Å². The van der Waals surface area contributed by atoms with Gasteiger partial charge < -0.3 is 10.6 Å². The van der Waals surface area contributed by atoms with E-state index in [2.05, 4.69) is 4.98 Å². The van der Waals surface area contributed by atoms with E-state index in [1.54, 1.807) is 24.3 Å². The Kier molecular flexibility index (Phi) is 2.92. The second-order valence-corrected chi connectivity index (χ2v) is 4.53. The molecule has 1 saturated carbocycles. The lowest BCUT2D eigenvalue weighted by Crippen LogP contribution is -2.58. The van der Waals surface area contributed by atoms with Gasteiger partial charge in [-0.3, -0.25) is 9.78 Å². The lowest BCUT2D eigenvalue weighted by atomic mass is 9.76. The van der Waals surface area contributed by atoms with Gasteiger partial charge in [0.05, 0.1) is 5.54 Å². The molecule has 1 aromatic heterocycles. The van der Waals surface area contributed by atoms with Crippen molar-refractivity contribution in [2.45, 2.75) is 31.3 Å². The smallest absolute Gasteiger partial charge is 0.242 e. The Morgan fingerprint density at radius 3 is 2.62 bits per heavy atom. The SMILES string of the molecule is CN(Cc1ccncc1)C(=O)C1(N)CCC1. The van der Waals surface area contributed by atoms with Crippen molar-refractivity contribution in [1.82, 2.24) is 9.88 Å². The molecule has 1 fully saturated rings. The number of amides is 1. The Morgan fingerprint density at radius 1 is 1.50 bits per heavy atom. The molecule has 0 saturated heterocycles. The molecular formula is C12H17N3O. The fraction of sp³-hybridized carbons (Fsp3) is 0.500. The predicted molar refractivity (Wildman–Crippen MR) is 61.5 cm³/mol. The lowest BCUT2D eigenvalue weighted by molar-refractivity contribution is -0.139. The molecule has 0 radical (unpaired) electrons. The summed E-state index contributed by atoms with van der Waals surface area (Å²) in [5.41, 5.74) is 6.48. The number of aromatic nitrogens is 1. The molecule has 1 aromatic rings. The highest BCUT2D eigenvalue weighted by atomic mass is 16.2. The molecule has 0 aromatic carbocycles. The molecule has 16 heavy (non-hydrogen) atoms. The molecule has 86 valence electrons. The van der Waals surface area contributed by atoms with Crippen LogP contribution in [-0.2, 0) is 11.3 Å². The zero-order valence-electron chi connectivity index (χ0n) is 9.52. The van der Waals surface area contributed by atoms with Crippen LogP contribution in [0.5, 0.6) is 0 Å². The molecule has 1 heterocycles. The summed E-state index contributed by atoms with van der Waals surface area (Å²) in [6, 6.07) is 3.82. The van der Waals surface area contributed by atoms with E-state index in [0.29, 0.717) is 6.54 Å². The number of carbonyl (C=O) groups excluding carboxylic acids is 1. The van der Waals surface area contributed by atoms with Gasteiger partial charge in [-0.25, -0.2) is 0 Å². The summed E-state index contributed by atoms with van der Waals surface area (Å²) in [4.78, 5) is 17.7. The van der Waals surface area contributed by atoms with Crippen molar-refractivity contribution in [2.75, 3.05) is 7.05 Å². The van der Waals surface area contributed by atoms with Crippen LogP contribution in [0.15, 0.2) is 24.5 Å². The zero-order chi connectivity index (χ0) is 11.6. The topological polar surface area (TPSA) is 59.2 Å². The summed E-state index contributed by atoms with van der Waals surface area (Å²) in [6.07, 6.45) is 6.15. The summed E-state index contributed by atoms with van der Waals surface area (Å²) in [6.45, 7) is 0.598. The molecule has 4 nitrogen and oxygen atoms in total. The first-order valence-electron chi connectivity index (χ1n) is 5.55. The minimum atomic E-state index is -0.595. The molecule has 1 aliphatic carbocycles. The Morgan fingerprint density at radius 2 is 2.12 bits per heavy atom. The van der Waals surface area contributed by atoms with Gasteiger partial charge in [-0.15, -0.1) is 0 Å². The molecule has 2 rings (SSSR count). The van der Waals surface area contributed by atoms with Gasteiger partial charge >= 0.3 is 0 Å². The van der Waals surface area contributed by atoms with Crippen molar-refractivity contribution in [3.8, 4) is 0 Å². The molecule has 0 atom stereocenters. The number of likely N-dealkylation sites (N-methyl/N-ethyl adjacent to an activating group) is 1. The number of nitrogens with two attached hydrogens (primary N) is 1. The van der Waals surface area contributed by atoms with Crippen LogP contribution in [0.2, 0.25) is 0 Å². The first kappa shape index (κ1) is 11.1. The number of hydrogen-bond donors (Lipinski definition) is 1. The maximum atomic E-state index is 12.0. The van der Waals surface area contributed by atoms with Gasteiger partial charge in [-0.2, -0.15) is 0 Å². The van der Waals surface area contributed by atoms with Crippen LogP contribution in [0, 0.1) is 0 Å². The average molecular weight is 219 g/mol. The summed E-state index contributed by atoms with van der Waals surface area (Å²) < 4.78 is 0. The number of carbonyl (C=O) groups is 1. The van der Waals surface area contributed by atoms with Gasteiger partial charge in [0, 0.05) is 26.0 Å². The van der Waals surface area contributed by atoms with E-state index in [-0.39, 0.29) is 5.91 Å². The fourth-order valence-electron chi connectivity index (χ4n) is 1.99. The van der Waals surface area contributed by atoms with Crippen molar-refractivity contribution >= 4 is 5.91 Å². The molecule has 0 spiro atoms. The highest BCUT2D eigenvalue weighted by molar-refractivity contribution is 5.86. The Balaban J connectivity index is 1.98. The minimum absolute atomic E-state index is 0.0514. The van der Waals surface area contributed by atoms with Gasteiger partial charge in [0.1, 0.15) is 0 Å². The highest BCUT2D eigenvalue weighted by Gasteiger charge is 2.41. The monoisotopic (exact) mass is 219 g/mol. The normalized spacial score (nSPS) is 17.6. The highest BCUT2D eigenvalue weighted by Crippen LogP contribution is 2.30. The molecule has 0 unspecified atom stereocenters. The van der Waals surface area contributed by atoms with Crippen LogP contribution in [0.25, 0.3) is 0 Å². The summed E-state index contributed by atoms with van der Waals surface area (Å²) in [7, 11) is 1.80. The quantitative estimate of drug-likeness (QED) is 0.822. The molecule has 0 bridgehead atoms. The number of nitrogens with zero attached hydrogens (tertiary/aromatic N) is 2. The van der Waals surface area contributed by atoms with Crippen LogP contribution in [0.1, 0.15) is 24.8 Å². The van der Waals surface area contributed by atoms with E-state index >= 15 is 0 Å². The van der Waals surface area contributed by atoms with E-state index in [0.717, 1.165) is 24.8 Å². The molecular weight excluding hydrogens is 202 g/mol. The van der Waals surface area contributed by atoms with Crippen molar-refractivity contribution in [3.63, 3.8) is 0 Å². The van der Waals surface area contributed by atoms with Crippen LogP contribution < -0.4 is 5.73 Å². The summed E-state index contributed by atoms with van der Waals surface area (Å²) in [5.74, 6) is 0.0514. The molecule has 0 aliphatic heterocycles. The second kappa shape index (κ2) is 4.22. The molecule has 1 amide bonds. The van der Waals surface area contributed by atoms with Crippen LogP contribution in [0.4, 0.5) is 0 Å². The number of rotatable bonds is 3. The standard InChI is InChI=1S/C12H17N3O/c1-15(9-10-3-7-14-8-4-10)11(16)12(13)5-2-6-12/h3-4,7-8H,2,5-6,9,13H2,1H3. The zero-order valence-corrected chi connectivity index (χ0v) is 9.52. The maximum Gasteiger partial charge on any atom is 0.242 e. The van der Waals surface area contributed by atoms with Crippen LogP contribution in [0.3, 0.4) is 0 Å². The summed E-state index contributed by atoms with van der Waals surface area (Å²) in [5, 5.41) is 0. The molecule has 4 heteroatoms. The number of hydrogen-bond acceptors (Lipinski definition) is 3. The summed E-state index contributed by atoms with van der Waals surface area (Å²) >= 11 is 0. The third kappa shape index (κ3) is 2.07. The van der Waals surface area contributed by atoms with Gasteiger partial charge in [-0.05, 0) is 37.0 Å². The maximum absolute atomic E-state index is 12.0. The third-order valence-electron chi connectivity index (χ3n) is 3.19. The fourth-order valence-corrected chi connectivity index (χ4v) is 1.99. The van der Waals surface area contributed by atoms with Gasteiger partial charge in [0.2, 0.25) is 5.91 Å². The first-order chi connectivity index (χ1) is 7.62. The molecule has 2 N–H and O–H groups in total. The minimum Gasteiger partial charge on any atom is -0.340 e. The predicted octanol–water partition coefficient (Wildman–Crippen LogP) is 0.921. The average Bonchev–Trinajstić information content (AvgIpc) is 2.26. The van der Waals surface area contributed by atoms with Gasteiger partial charge in [-0.1, -0.05) is 0 Å². The Labute approximate surface area is 95.5 Å². The van der Waals surface area contributed by atoms with E-state index in [1.165, 1.54) is 0 Å². The van der Waals surface area contributed by atoms with Gasteiger partial charge in [0.15, 0.2) is 0 Å². The van der Waals surface area contributed by atoms with Gasteiger partial charge in [0.25, 0.3) is 0 Å². The van der Waals surface area contributed by atoms with Crippen molar-refractivity contribution in [2.24, 2.45) is 5.73 Å². The number of pyridine rings is 1. The first-order valence-corrected chi connectivity index (χ1v) is 5.55. The Hall–Kier alpha value is -1.42. The van der Waals surface area contributed by atoms with E-state index in [9.17, 15) is 4.79 Å².